The van der Waals surface area contributed by atoms with E-state index in [-0.39, 0.29) is 6.79 Å². The predicted molar refractivity (Wildman–Crippen MR) is 91.8 cm³/mol. The molecule has 1 aromatic carbocycles. The van der Waals surface area contributed by atoms with Crippen molar-refractivity contribution < 1.29 is 9.47 Å². The summed E-state index contributed by atoms with van der Waals surface area (Å²) < 4.78 is 10.6. The summed E-state index contributed by atoms with van der Waals surface area (Å²) in [6.07, 6.45) is 1.77. The van der Waals surface area contributed by atoms with E-state index in [2.05, 4.69) is 21.9 Å². The van der Waals surface area contributed by atoms with Gasteiger partial charge in [0.15, 0.2) is 16.6 Å². The van der Waals surface area contributed by atoms with Gasteiger partial charge in [0.25, 0.3) is 0 Å². The van der Waals surface area contributed by atoms with Gasteiger partial charge >= 0.3 is 0 Å². The van der Waals surface area contributed by atoms with E-state index in [1.54, 1.807) is 17.6 Å². The van der Waals surface area contributed by atoms with Crippen molar-refractivity contribution in [3.05, 3.63) is 45.6 Å². The fraction of sp³-hybridized carbons (Fsp3) is 0.200. The zero-order chi connectivity index (χ0) is 15.4. The Morgan fingerprint density at radius 3 is 3.05 bits per heavy atom. The van der Waals surface area contributed by atoms with E-state index in [0.717, 1.165) is 21.9 Å². The van der Waals surface area contributed by atoms with Gasteiger partial charge in [0, 0.05) is 11.4 Å². The number of thiocarbonyl (C=S) groups is 1. The smallest absolute Gasteiger partial charge is 0.231 e. The molecule has 0 spiro atoms. The maximum Gasteiger partial charge on any atom is 0.231 e. The second kappa shape index (κ2) is 6.76. The van der Waals surface area contributed by atoms with Crippen LogP contribution < -0.4 is 20.2 Å². The van der Waals surface area contributed by atoms with Crippen molar-refractivity contribution in [1.29, 1.82) is 0 Å². The number of rotatable bonds is 4. The van der Waals surface area contributed by atoms with Crippen LogP contribution in [0.2, 0.25) is 0 Å². The molecule has 1 aromatic heterocycles. The quantitative estimate of drug-likeness (QED) is 0.512. The van der Waals surface area contributed by atoms with E-state index in [9.17, 15) is 0 Å². The number of fused-ring (bicyclic) bond motifs is 1. The number of aryl methyl sites for hydroxylation is 1. The average molecular weight is 333 g/mol. The van der Waals surface area contributed by atoms with Crippen LogP contribution in [-0.2, 0) is 6.54 Å². The van der Waals surface area contributed by atoms with Crippen LogP contribution >= 0.6 is 23.6 Å². The highest BCUT2D eigenvalue weighted by atomic mass is 32.1. The topological polar surface area (TPSA) is 54.9 Å². The number of thiophene rings is 1. The molecule has 5 nitrogen and oxygen atoms in total. The van der Waals surface area contributed by atoms with Gasteiger partial charge in [-0.3, -0.25) is 5.43 Å². The summed E-state index contributed by atoms with van der Waals surface area (Å²) in [4.78, 5) is 1.12. The molecule has 0 fully saturated rings. The third kappa shape index (κ3) is 3.55. The first-order valence-electron chi connectivity index (χ1n) is 6.72. The van der Waals surface area contributed by atoms with Crippen LogP contribution in [0.15, 0.2) is 34.7 Å². The maximum atomic E-state index is 5.34. The molecule has 7 heteroatoms. The Labute approximate surface area is 137 Å². The molecule has 0 saturated carbocycles. The van der Waals surface area contributed by atoms with Gasteiger partial charge in [-0.15, -0.1) is 11.3 Å². The molecule has 22 heavy (non-hydrogen) atoms. The molecule has 0 bridgehead atoms. The average Bonchev–Trinajstić information content (AvgIpc) is 3.14. The van der Waals surface area contributed by atoms with E-state index < -0.39 is 0 Å². The Hall–Kier alpha value is -2.12. The third-order valence-electron chi connectivity index (χ3n) is 3.14. The summed E-state index contributed by atoms with van der Waals surface area (Å²) in [6, 6.07) is 7.87. The summed E-state index contributed by atoms with van der Waals surface area (Å²) in [6.45, 7) is 2.92. The molecule has 2 aromatic rings. The Bertz CT molecular complexity index is 713. The van der Waals surface area contributed by atoms with E-state index in [1.807, 2.05) is 30.5 Å². The number of ether oxygens (including phenoxy) is 2. The summed E-state index contributed by atoms with van der Waals surface area (Å²) in [5.74, 6) is 1.55. The molecule has 114 valence electrons. The van der Waals surface area contributed by atoms with Crippen LogP contribution in [0.25, 0.3) is 0 Å². The van der Waals surface area contributed by atoms with Crippen LogP contribution in [0.5, 0.6) is 11.5 Å². The minimum Gasteiger partial charge on any atom is -0.454 e. The number of nitrogens with one attached hydrogen (secondary N) is 2. The third-order valence-corrected chi connectivity index (χ3v) is 4.33. The highest BCUT2D eigenvalue weighted by molar-refractivity contribution is 7.80. The van der Waals surface area contributed by atoms with Crippen molar-refractivity contribution in [3.63, 3.8) is 0 Å². The minimum atomic E-state index is 0.281. The summed E-state index contributed by atoms with van der Waals surface area (Å²) >= 11 is 6.84. The molecule has 0 aliphatic carbocycles. The Balaban J connectivity index is 1.48. The van der Waals surface area contributed by atoms with Crippen molar-refractivity contribution in [2.75, 3.05) is 6.79 Å². The highest BCUT2D eigenvalue weighted by Crippen LogP contribution is 2.32. The van der Waals surface area contributed by atoms with Crippen molar-refractivity contribution in [2.24, 2.45) is 5.10 Å². The second-order valence-electron chi connectivity index (χ2n) is 4.71. The zero-order valence-corrected chi connectivity index (χ0v) is 13.6. The van der Waals surface area contributed by atoms with Crippen LogP contribution in [0.1, 0.15) is 16.0 Å². The van der Waals surface area contributed by atoms with Crippen LogP contribution in [0.3, 0.4) is 0 Å². The summed E-state index contributed by atoms with van der Waals surface area (Å²) in [5.41, 5.74) is 5.08. The lowest BCUT2D eigenvalue weighted by atomic mass is 10.2. The molecule has 0 radical (unpaired) electrons. The van der Waals surface area contributed by atoms with Gasteiger partial charge in [0.2, 0.25) is 6.79 Å². The van der Waals surface area contributed by atoms with Gasteiger partial charge in [-0.2, -0.15) is 5.10 Å². The van der Waals surface area contributed by atoms with Crippen molar-refractivity contribution in [1.82, 2.24) is 10.7 Å². The lowest BCUT2D eigenvalue weighted by Gasteiger charge is -2.07. The molecular weight excluding hydrogens is 318 g/mol. The van der Waals surface area contributed by atoms with E-state index in [0.29, 0.717) is 11.7 Å². The second-order valence-corrected chi connectivity index (χ2v) is 6.06. The molecule has 0 unspecified atom stereocenters. The van der Waals surface area contributed by atoms with Crippen molar-refractivity contribution in [3.8, 4) is 11.5 Å². The van der Waals surface area contributed by atoms with Gasteiger partial charge in [-0.1, -0.05) is 6.07 Å². The SMILES string of the molecule is Cc1ccsc1/C=N\NC(=S)NCc1ccc2c(c1)OCO2. The number of nitrogens with zero attached hydrogens (tertiary/aromatic N) is 1. The number of hydrogen-bond acceptors (Lipinski definition) is 5. The minimum absolute atomic E-state index is 0.281. The molecule has 0 atom stereocenters. The highest BCUT2D eigenvalue weighted by Gasteiger charge is 2.12. The number of benzene rings is 1. The molecule has 2 heterocycles. The van der Waals surface area contributed by atoms with Crippen LogP contribution in [-0.4, -0.2) is 18.1 Å². The lowest BCUT2D eigenvalue weighted by molar-refractivity contribution is 0.174. The first kappa shape index (κ1) is 14.8. The Kier molecular flexibility index (Phi) is 4.55. The molecule has 2 N–H and O–H groups in total. The standard InChI is InChI=1S/C15H15N3O2S2/c1-10-4-5-22-14(10)8-17-18-15(21)16-7-11-2-3-12-13(6-11)20-9-19-12/h2-6,8H,7,9H2,1H3,(H2,16,18,21)/b17-8-. The lowest BCUT2D eigenvalue weighted by Crippen LogP contribution is -2.31. The first-order valence-corrected chi connectivity index (χ1v) is 8.01. The van der Waals surface area contributed by atoms with E-state index >= 15 is 0 Å². The molecular formula is C15H15N3O2S2. The Morgan fingerprint density at radius 2 is 2.23 bits per heavy atom. The normalized spacial score (nSPS) is 12.6. The monoisotopic (exact) mass is 333 g/mol. The zero-order valence-electron chi connectivity index (χ0n) is 12.0. The van der Waals surface area contributed by atoms with Gasteiger partial charge < -0.3 is 14.8 Å². The van der Waals surface area contributed by atoms with Gasteiger partial charge in [-0.25, -0.2) is 0 Å². The molecule has 1 aliphatic rings. The fourth-order valence-corrected chi connectivity index (χ4v) is 2.85. The van der Waals surface area contributed by atoms with Gasteiger partial charge in [-0.05, 0) is 53.8 Å². The number of hydrogen-bond donors (Lipinski definition) is 2. The fourth-order valence-electron chi connectivity index (χ4n) is 1.94. The van der Waals surface area contributed by atoms with Crippen molar-refractivity contribution in [2.45, 2.75) is 13.5 Å². The molecule has 1 aliphatic heterocycles. The van der Waals surface area contributed by atoms with Gasteiger partial charge in [0.1, 0.15) is 0 Å². The molecule has 0 saturated heterocycles. The van der Waals surface area contributed by atoms with E-state index in [1.165, 1.54) is 5.56 Å². The first-order chi connectivity index (χ1) is 10.7. The van der Waals surface area contributed by atoms with Gasteiger partial charge in [0.05, 0.1) is 6.21 Å². The summed E-state index contributed by atoms with van der Waals surface area (Å²) in [7, 11) is 0. The summed E-state index contributed by atoms with van der Waals surface area (Å²) in [5, 5.41) is 9.74. The van der Waals surface area contributed by atoms with Crippen LogP contribution in [0.4, 0.5) is 0 Å². The molecule has 0 amide bonds. The predicted octanol–water partition coefficient (Wildman–Crippen LogP) is 2.78. The van der Waals surface area contributed by atoms with Crippen molar-refractivity contribution >= 4 is 34.9 Å². The Morgan fingerprint density at radius 1 is 1.36 bits per heavy atom. The molecule has 3 rings (SSSR count). The number of hydrazone groups is 1. The van der Waals surface area contributed by atoms with Crippen LogP contribution in [0, 0.1) is 6.92 Å². The maximum absolute atomic E-state index is 5.34. The van der Waals surface area contributed by atoms with E-state index in [4.69, 9.17) is 21.7 Å². The largest absolute Gasteiger partial charge is 0.454 e.